The quantitative estimate of drug-likeness (QED) is 0.714. The van der Waals surface area contributed by atoms with E-state index in [0.29, 0.717) is 5.76 Å². The molecule has 0 aromatic heterocycles. The molecule has 2 aliphatic rings. The summed E-state index contributed by atoms with van der Waals surface area (Å²) in [6, 6.07) is 5.99. The summed E-state index contributed by atoms with van der Waals surface area (Å²) in [5, 5.41) is 0. The highest BCUT2D eigenvalue weighted by atomic mass is 16.5. The summed E-state index contributed by atoms with van der Waals surface area (Å²) in [7, 11) is 0. The minimum atomic E-state index is -0.115. The number of unbranched alkanes of at least 4 members (excludes halogenated alkanes) is 1. The molecule has 0 spiro atoms. The zero-order valence-electron chi connectivity index (χ0n) is 15.4. The number of benzene rings is 1. The Labute approximate surface area is 150 Å². The Morgan fingerprint density at radius 1 is 1.24 bits per heavy atom. The maximum Gasteiger partial charge on any atom is 0.207 e. The van der Waals surface area contributed by atoms with Crippen molar-refractivity contribution in [3.63, 3.8) is 0 Å². The molecule has 1 aromatic carbocycles. The SMILES string of the molecule is CCCCOC1CCC2C(=O)C(Oc3cc(C)ccc3C)=COC2C1. The van der Waals surface area contributed by atoms with E-state index in [1.54, 1.807) is 0 Å². The lowest BCUT2D eigenvalue weighted by molar-refractivity contribution is -0.133. The molecule has 0 saturated heterocycles. The summed E-state index contributed by atoms with van der Waals surface area (Å²) in [5.41, 5.74) is 2.11. The number of allylic oxidation sites excluding steroid dienone is 1. The van der Waals surface area contributed by atoms with E-state index >= 15 is 0 Å². The van der Waals surface area contributed by atoms with Gasteiger partial charge in [-0.2, -0.15) is 0 Å². The fourth-order valence-corrected chi connectivity index (χ4v) is 3.49. The predicted octanol–water partition coefficient (Wildman–Crippen LogP) is 4.48. The van der Waals surface area contributed by atoms with Gasteiger partial charge in [0.1, 0.15) is 18.1 Å². The zero-order valence-corrected chi connectivity index (χ0v) is 15.4. The molecule has 3 rings (SSSR count). The van der Waals surface area contributed by atoms with Crippen molar-refractivity contribution in [2.45, 2.75) is 65.1 Å². The summed E-state index contributed by atoms with van der Waals surface area (Å²) >= 11 is 0. The van der Waals surface area contributed by atoms with Gasteiger partial charge < -0.3 is 14.2 Å². The second kappa shape index (κ2) is 8.05. The van der Waals surface area contributed by atoms with Crippen LogP contribution in [0.5, 0.6) is 5.75 Å². The van der Waals surface area contributed by atoms with Crippen molar-refractivity contribution in [1.82, 2.24) is 0 Å². The third kappa shape index (κ3) is 4.24. The number of aryl methyl sites for hydroxylation is 2. The molecule has 25 heavy (non-hydrogen) atoms. The lowest BCUT2D eigenvalue weighted by Gasteiger charge is -2.37. The van der Waals surface area contributed by atoms with Crippen LogP contribution in [-0.2, 0) is 14.3 Å². The number of rotatable bonds is 6. The van der Waals surface area contributed by atoms with Crippen molar-refractivity contribution < 1.29 is 19.0 Å². The Bertz CT molecular complexity index is 649. The predicted molar refractivity (Wildman–Crippen MR) is 96.5 cm³/mol. The topological polar surface area (TPSA) is 44.8 Å². The molecule has 4 heteroatoms. The first-order valence-electron chi connectivity index (χ1n) is 9.35. The average Bonchev–Trinajstić information content (AvgIpc) is 2.61. The van der Waals surface area contributed by atoms with Gasteiger partial charge in [0.05, 0.1) is 12.0 Å². The van der Waals surface area contributed by atoms with Crippen LogP contribution >= 0.6 is 0 Å². The van der Waals surface area contributed by atoms with Gasteiger partial charge in [0.25, 0.3) is 0 Å². The highest BCUT2D eigenvalue weighted by Gasteiger charge is 2.41. The smallest absolute Gasteiger partial charge is 0.207 e. The van der Waals surface area contributed by atoms with Gasteiger partial charge in [0.2, 0.25) is 11.5 Å². The second-order valence-electron chi connectivity index (χ2n) is 7.16. The molecule has 1 saturated carbocycles. The number of ether oxygens (including phenoxy) is 3. The van der Waals surface area contributed by atoms with Gasteiger partial charge in [-0.1, -0.05) is 25.5 Å². The molecular formula is C21H28O4. The number of ketones is 1. The first kappa shape index (κ1) is 18.0. The first-order chi connectivity index (χ1) is 12.1. The number of hydrogen-bond donors (Lipinski definition) is 0. The molecule has 3 atom stereocenters. The van der Waals surface area contributed by atoms with Gasteiger partial charge in [0, 0.05) is 13.0 Å². The van der Waals surface area contributed by atoms with Crippen LogP contribution in [-0.4, -0.2) is 24.6 Å². The van der Waals surface area contributed by atoms with Crippen molar-refractivity contribution in [2.75, 3.05) is 6.61 Å². The van der Waals surface area contributed by atoms with Crippen LogP contribution in [0, 0.1) is 19.8 Å². The van der Waals surface area contributed by atoms with E-state index in [4.69, 9.17) is 14.2 Å². The van der Waals surface area contributed by atoms with Crippen LogP contribution in [0.3, 0.4) is 0 Å². The molecule has 1 aromatic rings. The van der Waals surface area contributed by atoms with Crippen molar-refractivity contribution >= 4 is 5.78 Å². The summed E-state index contributed by atoms with van der Waals surface area (Å²) < 4.78 is 17.7. The van der Waals surface area contributed by atoms with Crippen LogP contribution in [0.2, 0.25) is 0 Å². The highest BCUT2D eigenvalue weighted by Crippen LogP contribution is 2.35. The van der Waals surface area contributed by atoms with Gasteiger partial charge >= 0.3 is 0 Å². The van der Waals surface area contributed by atoms with Gasteiger partial charge in [-0.25, -0.2) is 0 Å². The summed E-state index contributed by atoms with van der Waals surface area (Å²) in [6.45, 7) is 6.94. The van der Waals surface area contributed by atoms with Crippen LogP contribution < -0.4 is 4.74 Å². The normalized spacial score (nSPS) is 25.8. The van der Waals surface area contributed by atoms with E-state index in [-0.39, 0.29) is 23.9 Å². The molecular weight excluding hydrogens is 316 g/mol. The third-order valence-electron chi connectivity index (χ3n) is 5.09. The first-order valence-corrected chi connectivity index (χ1v) is 9.35. The summed E-state index contributed by atoms with van der Waals surface area (Å²) in [4.78, 5) is 12.8. The minimum absolute atomic E-state index is 0.0594. The largest absolute Gasteiger partial charge is 0.493 e. The van der Waals surface area contributed by atoms with Crippen molar-refractivity contribution in [1.29, 1.82) is 0 Å². The van der Waals surface area contributed by atoms with E-state index in [1.165, 1.54) is 6.26 Å². The van der Waals surface area contributed by atoms with Crippen LogP contribution in [0.25, 0.3) is 0 Å². The van der Waals surface area contributed by atoms with Gasteiger partial charge in [-0.05, 0) is 50.3 Å². The molecule has 3 unspecified atom stereocenters. The van der Waals surface area contributed by atoms with Gasteiger partial charge in [0.15, 0.2) is 0 Å². The van der Waals surface area contributed by atoms with E-state index < -0.39 is 0 Å². The fourth-order valence-electron chi connectivity index (χ4n) is 3.49. The molecule has 1 heterocycles. The monoisotopic (exact) mass is 344 g/mol. The Kier molecular flexibility index (Phi) is 5.79. The maximum absolute atomic E-state index is 12.8. The van der Waals surface area contributed by atoms with Crippen LogP contribution in [0.1, 0.15) is 50.2 Å². The van der Waals surface area contributed by atoms with Crippen LogP contribution in [0.4, 0.5) is 0 Å². The maximum atomic E-state index is 12.8. The Balaban J connectivity index is 1.64. The minimum Gasteiger partial charge on any atom is -0.493 e. The fraction of sp³-hybridized carbons (Fsp3) is 0.571. The number of fused-ring (bicyclic) bond motifs is 1. The number of carbonyl (C=O) groups excluding carboxylic acids is 1. The molecule has 136 valence electrons. The molecule has 1 fully saturated rings. The lowest BCUT2D eigenvalue weighted by atomic mass is 9.80. The third-order valence-corrected chi connectivity index (χ3v) is 5.09. The molecule has 0 bridgehead atoms. The molecule has 1 aliphatic carbocycles. The molecule has 0 radical (unpaired) electrons. The van der Waals surface area contributed by atoms with Crippen molar-refractivity contribution in [3.8, 4) is 5.75 Å². The van der Waals surface area contributed by atoms with Crippen molar-refractivity contribution in [2.24, 2.45) is 5.92 Å². The summed E-state index contributed by atoms with van der Waals surface area (Å²) in [5.74, 6) is 0.985. The standard InChI is InChI=1S/C21H28O4/c1-4-5-10-23-16-8-9-17-19(12-16)24-13-20(21(17)22)25-18-11-14(2)6-7-15(18)3/h6-7,11,13,16-17,19H,4-5,8-10,12H2,1-3H3. The van der Waals surface area contributed by atoms with E-state index in [1.807, 2.05) is 32.0 Å². The Morgan fingerprint density at radius 3 is 2.88 bits per heavy atom. The molecule has 0 amide bonds. The van der Waals surface area contributed by atoms with Gasteiger partial charge in [-0.3, -0.25) is 4.79 Å². The van der Waals surface area contributed by atoms with Crippen molar-refractivity contribution in [3.05, 3.63) is 41.3 Å². The van der Waals surface area contributed by atoms with E-state index in [9.17, 15) is 4.79 Å². The second-order valence-corrected chi connectivity index (χ2v) is 7.16. The Hall–Kier alpha value is -1.81. The summed E-state index contributed by atoms with van der Waals surface area (Å²) in [6.07, 6.45) is 6.33. The zero-order chi connectivity index (χ0) is 17.8. The number of Topliss-reactive ketones (excluding diaryl/α,β-unsaturated/α-hetero) is 1. The van der Waals surface area contributed by atoms with Crippen LogP contribution in [0.15, 0.2) is 30.2 Å². The molecule has 4 nitrogen and oxygen atoms in total. The number of hydrogen-bond acceptors (Lipinski definition) is 4. The van der Waals surface area contributed by atoms with Gasteiger partial charge in [-0.15, -0.1) is 0 Å². The molecule has 1 aliphatic heterocycles. The van der Waals surface area contributed by atoms with E-state index in [0.717, 1.165) is 55.6 Å². The lowest BCUT2D eigenvalue weighted by Crippen LogP contribution is -2.42. The number of carbonyl (C=O) groups is 1. The Morgan fingerprint density at radius 2 is 2.08 bits per heavy atom. The van der Waals surface area contributed by atoms with E-state index in [2.05, 4.69) is 6.92 Å². The average molecular weight is 344 g/mol. The highest BCUT2D eigenvalue weighted by molar-refractivity contribution is 5.96. The molecule has 0 N–H and O–H groups in total.